The van der Waals surface area contributed by atoms with Crippen molar-refractivity contribution in [3.63, 3.8) is 0 Å². The van der Waals surface area contributed by atoms with E-state index in [9.17, 15) is 0 Å². The van der Waals surface area contributed by atoms with Crippen molar-refractivity contribution in [2.45, 2.75) is 0 Å². The summed E-state index contributed by atoms with van der Waals surface area (Å²) >= 11 is 0. The van der Waals surface area contributed by atoms with E-state index in [4.69, 9.17) is 9.68 Å². The molecule has 0 aliphatic rings. The summed E-state index contributed by atoms with van der Waals surface area (Å²) in [6, 6.07) is 1.80. The van der Waals surface area contributed by atoms with Crippen LogP contribution >= 0.6 is 0 Å². The summed E-state index contributed by atoms with van der Waals surface area (Å²) in [4.78, 5) is 11.2. The van der Waals surface area contributed by atoms with Gasteiger partial charge in [-0.25, -0.2) is 9.97 Å². The van der Waals surface area contributed by atoms with Crippen molar-refractivity contribution in [2.24, 2.45) is 0 Å². The molecule has 0 N–H and O–H groups in total. The van der Waals surface area contributed by atoms with E-state index in [0.29, 0.717) is 11.2 Å². The molecule has 2 rings (SSSR count). The first kappa shape index (κ1) is 5.80. The molecule has 2 aromatic rings. The van der Waals surface area contributed by atoms with Crippen LogP contribution in [-0.2, 0) is 0 Å². The van der Waals surface area contributed by atoms with Gasteiger partial charge in [-0.1, -0.05) is 0 Å². The first-order valence-electron chi connectivity index (χ1n) is 2.86. The predicted molar refractivity (Wildman–Crippen MR) is 34.3 cm³/mol. The molecule has 11 heavy (non-hydrogen) atoms. The lowest BCUT2D eigenvalue weighted by Crippen LogP contribution is -1.86. The molecule has 5 heteroatoms. The van der Waals surface area contributed by atoms with E-state index in [1.165, 1.54) is 12.6 Å². The molecule has 0 fully saturated rings. The summed E-state index contributed by atoms with van der Waals surface area (Å²) in [7, 11) is 0. The topological polar surface area (TPSA) is 75.6 Å². The second-order valence-corrected chi connectivity index (χ2v) is 1.85. The fourth-order valence-corrected chi connectivity index (χ4v) is 0.722. The quantitative estimate of drug-likeness (QED) is 0.540. The summed E-state index contributed by atoms with van der Waals surface area (Å²) < 4.78 is 4.85. The van der Waals surface area contributed by atoms with E-state index in [1.54, 1.807) is 6.07 Å². The summed E-state index contributed by atoms with van der Waals surface area (Å²) in [5.41, 5.74) is 0.903. The molecule has 0 atom stereocenters. The van der Waals surface area contributed by atoms with Crippen LogP contribution in [0.2, 0.25) is 0 Å². The van der Waals surface area contributed by atoms with Crippen LogP contribution < -0.4 is 0 Å². The number of hydrogen-bond donors (Lipinski definition) is 0. The molecule has 52 valence electrons. The molecular formula is C6H2N4O. The second-order valence-electron chi connectivity index (χ2n) is 1.85. The van der Waals surface area contributed by atoms with Gasteiger partial charge in [0.1, 0.15) is 11.6 Å². The average molecular weight is 146 g/mol. The Kier molecular flexibility index (Phi) is 1.07. The highest BCUT2D eigenvalue weighted by atomic mass is 16.3. The molecule has 0 aromatic carbocycles. The highest BCUT2D eigenvalue weighted by Crippen LogP contribution is 2.06. The third-order valence-corrected chi connectivity index (χ3v) is 1.19. The molecule has 0 unspecified atom stereocenters. The monoisotopic (exact) mass is 146 g/mol. The third kappa shape index (κ3) is 0.809. The van der Waals surface area contributed by atoms with Crippen molar-refractivity contribution in [1.29, 1.82) is 5.26 Å². The van der Waals surface area contributed by atoms with Crippen LogP contribution in [-0.4, -0.2) is 15.0 Å². The fraction of sp³-hybridized carbons (Fsp3) is 0. The van der Waals surface area contributed by atoms with Crippen molar-refractivity contribution in [3.05, 3.63) is 18.4 Å². The first-order chi connectivity index (χ1) is 5.40. The van der Waals surface area contributed by atoms with Gasteiger partial charge in [0, 0.05) is 0 Å². The van der Waals surface area contributed by atoms with Crippen LogP contribution in [0, 0.1) is 11.3 Å². The fourth-order valence-electron chi connectivity index (χ4n) is 0.722. The van der Waals surface area contributed by atoms with Crippen molar-refractivity contribution < 1.29 is 4.42 Å². The molecule has 0 bridgehead atoms. The normalized spacial score (nSPS) is 9.73. The molecular weight excluding hydrogens is 144 g/mol. The van der Waals surface area contributed by atoms with E-state index < -0.39 is 0 Å². The van der Waals surface area contributed by atoms with Gasteiger partial charge < -0.3 is 4.42 Å². The van der Waals surface area contributed by atoms with E-state index in [1.807, 2.05) is 0 Å². The number of rotatable bonds is 0. The van der Waals surface area contributed by atoms with Gasteiger partial charge >= 0.3 is 0 Å². The van der Waals surface area contributed by atoms with Gasteiger partial charge in [-0.15, -0.1) is 0 Å². The van der Waals surface area contributed by atoms with Gasteiger partial charge in [-0.3, -0.25) is 0 Å². The second kappa shape index (κ2) is 2.02. The lowest BCUT2D eigenvalue weighted by Gasteiger charge is -1.83. The molecule has 0 spiro atoms. The number of fused-ring (bicyclic) bond motifs is 1. The zero-order chi connectivity index (χ0) is 7.68. The van der Waals surface area contributed by atoms with Gasteiger partial charge in [-0.2, -0.15) is 10.2 Å². The Morgan fingerprint density at radius 2 is 2.36 bits per heavy atom. The summed E-state index contributed by atoms with van der Waals surface area (Å²) in [5, 5.41) is 8.40. The minimum atomic E-state index is 0.0919. The Morgan fingerprint density at radius 3 is 3.18 bits per heavy atom. The van der Waals surface area contributed by atoms with Crippen molar-refractivity contribution in [3.8, 4) is 6.07 Å². The number of nitrogens with zero attached hydrogens (tertiary/aromatic N) is 4. The van der Waals surface area contributed by atoms with Crippen LogP contribution in [0.3, 0.4) is 0 Å². The Bertz CT molecular complexity index is 427. The Morgan fingerprint density at radius 1 is 1.45 bits per heavy atom. The van der Waals surface area contributed by atoms with E-state index >= 15 is 0 Å². The number of aromatic nitrogens is 3. The molecule has 0 aliphatic carbocycles. The molecule has 2 aromatic heterocycles. The van der Waals surface area contributed by atoms with Gasteiger partial charge in [-0.05, 0) is 0 Å². The van der Waals surface area contributed by atoms with Crippen LogP contribution in [0.15, 0.2) is 17.0 Å². The molecule has 2 heterocycles. The lowest BCUT2D eigenvalue weighted by molar-refractivity contribution is 0.589. The Labute approximate surface area is 61.3 Å². The minimum absolute atomic E-state index is 0.0919. The maximum atomic E-state index is 8.40. The molecule has 0 amide bonds. The summed E-state index contributed by atoms with van der Waals surface area (Å²) in [5.74, 6) is 0.0919. The molecule has 0 saturated carbocycles. The Balaban J connectivity index is 2.79. The van der Waals surface area contributed by atoms with Gasteiger partial charge in [0.25, 0.3) is 5.71 Å². The summed E-state index contributed by atoms with van der Waals surface area (Å²) in [6.07, 6.45) is 2.71. The van der Waals surface area contributed by atoms with Crippen molar-refractivity contribution in [1.82, 2.24) is 15.0 Å². The smallest absolute Gasteiger partial charge is 0.250 e. The molecule has 5 nitrogen and oxygen atoms in total. The van der Waals surface area contributed by atoms with Crippen LogP contribution in [0.4, 0.5) is 0 Å². The lowest BCUT2D eigenvalue weighted by atomic mass is 10.5. The van der Waals surface area contributed by atoms with Crippen molar-refractivity contribution in [2.75, 3.05) is 0 Å². The maximum absolute atomic E-state index is 8.40. The maximum Gasteiger partial charge on any atom is 0.250 e. The predicted octanol–water partition coefficient (Wildman–Crippen LogP) is 0.489. The van der Waals surface area contributed by atoms with Gasteiger partial charge in [0.15, 0.2) is 6.39 Å². The zero-order valence-corrected chi connectivity index (χ0v) is 5.35. The SMILES string of the molecule is N#Cc1ncc2ncoc2n1. The number of oxazole rings is 1. The zero-order valence-electron chi connectivity index (χ0n) is 5.35. The van der Waals surface area contributed by atoms with Crippen LogP contribution in [0.5, 0.6) is 0 Å². The highest BCUT2D eigenvalue weighted by molar-refractivity contribution is 5.65. The standard InChI is InChI=1S/C6H2N4O/c7-1-5-8-2-4-6(10-5)11-3-9-4/h2-3H. The van der Waals surface area contributed by atoms with E-state index in [2.05, 4.69) is 15.0 Å². The van der Waals surface area contributed by atoms with Crippen molar-refractivity contribution >= 4 is 11.2 Å². The van der Waals surface area contributed by atoms with Crippen LogP contribution in [0.1, 0.15) is 5.82 Å². The Hall–Kier alpha value is -1.96. The van der Waals surface area contributed by atoms with E-state index in [0.717, 1.165) is 0 Å². The number of hydrogen-bond acceptors (Lipinski definition) is 5. The number of nitriles is 1. The first-order valence-corrected chi connectivity index (χ1v) is 2.86. The van der Waals surface area contributed by atoms with Crippen LogP contribution in [0.25, 0.3) is 11.2 Å². The molecule has 0 radical (unpaired) electrons. The minimum Gasteiger partial charge on any atom is -0.425 e. The average Bonchev–Trinajstić information content (AvgIpc) is 2.50. The summed E-state index contributed by atoms with van der Waals surface area (Å²) in [6.45, 7) is 0. The molecule has 0 aliphatic heterocycles. The van der Waals surface area contributed by atoms with E-state index in [-0.39, 0.29) is 5.82 Å². The third-order valence-electron chi connectivity index (χ3n) is 1.19. The van der Waals surface area contributed by atoms with Gasteiger partial charge in [0.2, 0.25) is 5.82 Å². The molecule has 0 saturated heterocycles. The highest BCUT2D eigenvalue weighted by Gasteiger charge is 2.00. The largest absolute Gasteiger partial charge is 0.425 e. The van der Waals surface area contributed by atoms with Gasteiger partial charge in [0.05, 0.1) is 6.20 Å².